The van der Waals surface area contributed by atoms with Crippen LogP contribution in [-0.2, 0) is 115 Å². The maximum Gasteiger partial charge on any atom is 0.338 e. The van der Waals surface area contributed by atoms with Crippen molar-refractivity contribution in [2.75, 3.05) is 33.5 Å². The van der Waals surface area contributed by atoms with Gasteiger partial charge in [0.25, 0.3) is 8.32 Å². The molecule has 3 aliphatic rings. The lowest BCUT2D eigenvalue weighted by atomic mass is 9.95. The molecule has 0 spiro atoms. The zero-order valence-corrected chi connectivity index (χ0v) is 65.2. The molecule has 0 unspecified atom stereocenters. The highest BCUT2D eigenvalue weighted by Gasteiger charge is 2.58. The quantitative estimate of drug-likeness (QED) is 0.0203. The average molecular weight is 1550 g/mol. The summed E-state index contributed by atoms with van der Waals surface area (Å²) in [5, 5.41) is 1.61. The first kappa shape index (κ1) is 81.5. The van der Waals surface area contributed by atoms with Crippen LogP contribution in [0.4, 0.5) is 0 Å². The van der Waals surface area contributed by atoms with Gasteiger partial charge < -0.3 is 75.5 Å². The fourth-order valence-corrected chi connectivity index (χ4v) is 19.3. The van der Waals surface area contributed by atoms with Crippen LogP contribution < -0.4 is 10.4 Å². The Hall–Kier alpha value is -9.46. The Morgan fingerprint density at radius 2 is 0.655 bits per heavy atom. The number of esters is 2. The van der Waals surface area contributed by atoms with Crippen LogP contribution in [0.2, 0.25) is 5.04 Å². The number of rotatable bonds is 37. The summed E-state index contributed by atoms with van der Waals surface area (Å²) in [6.07, 6.45) is -16.0. The Bertz CT molecular complexity index is 4390. The summed E-state index contributed by atoms with van der Waals surface area (Å²) in [5.41, 5.74) is 5.78. The van der Waals surface area contributed by atoms with Crippen LogP contribution in [0.15, 0.2) is 316 Å². The summed E-state index contributed by atoms with van der Waals surface area (Å²) < 4.78 is 114. The van der Waals surface area contributed by atoms with Gasteiger partial charge in [-0.25, -0.2) is 9.59 Å². The molecule has 588 valence electrons. The number of ether oxygens (including phenoxy) is 15. The van der Waals surface area contributed by atoms with Crippen molar-refractivity contribution in [1.82, 2.24) is 0 Å². The van der Waals surface area contributed by atoms with Gasteiger partial charge in [0.1, 0.15) is 61.0 Å². The van der Waals surface area contributed by atoms with E-state index in [1.807, 2.05) is 231 Å². The van der Waals surface area contributed by atoms with Crippen molar-refractivity contribution in [2.45, 2.75) is 158 Å². The highest BCUT2D eigenvalue weighted by atomic mass is 28.4. The molecule has 0 aromatic heterocycles. The van der Waals surface area contributed by atoms with Gasteiger partial charge in [-0.05, 0) is 73.1 Å². The Labute approximate surface area is 663 Å². The lowest BCUT2D eigenvalue weighted by Crippen LogP contribution is -2.69. The number of carbonyl (C=O) groups excluding carboxylic acids is 2. The number of benzene rings is 10. The first-order valence-corrected chi connectivity index (χ1v) is 40.5. The predicted molar refractivity (Wildman–Crippen MR) is 430 cm³/mol. The van der Waals surface area contributed by atoms with E-state index in [0.29, 0.717) is 0 Å². The fourth-order valence-electron chi connectivity index (χ4n) is 14.8. The SMILES string of the molecule is C=CCO[C@H]1[C@H](OCc2ccccc2)[C@H](O[C@H]2O[C@H](CO[Si](c3ccccc3)(c3ccccc3)C(C)(C)C)[C@@H](OCc3ccccc3)[C@H](OCc3ccccc3)[C@@H]2OC(=O)c2ccccc2)[C@@H](OC)O[C@@H]1CO[C@H]1O[C@H](COCc2ccccc2)[C@@H](OCc2ccccc2)[C@H](OCc2ccccc2)[C@@H]1OC(=O)c1ccccc1. The van der Waals surface area contributed by atoms with Crippen molar-refractivity contribution in [2.24, 2.45) is 0 Å². The topological polar surface area (TPSA) is 182 Å². The van der Waals surface area contributed by atoms with E-state index in [0.717, 1.165) is 43.8 Å². The van der Waals surface area contributed by atoms with Crippen LogP contribution in [0.3, 0.4) is 0 Å². The maximum absolute atomic E-state index is 15.2. The van der Waals surface area contributed by atoms with Crippen molar-refractivity contribution in [3.8, 4) is 0 Å². The van der Waals surface area contributed by atoms with Crippen molar-refractivity contribution in [1.29, 1.82) is 0 Å². The zero-order valence-electron chi connectivity index (χ0n) is 64.2. The smallest absolute Gasteiger partial charge is 0.338 e. The third-order valence-electron chi connectivity index (χ3n) is 20.3. The summed E-state index contributed by atoms with van der Waals surface area (Å²) in [4.78, 5) is 30.0. The first-order chi connectivity index (χ1) is 55.4. The summed E-state index contributed by atoms with van der Waals surface area (Å²) in [6.45, 7) is 11.0. The van der Waals surface area contributed by atoms with Gasteiger partial charge in [0.05, 0.1) is 77.2 Å². The van der Waals surface area contributed by atoms with Crippen molar-refractivity contribution in [3.05, 3.63) is 360 Å². The fraction of sp³-hybridized carbons (Fsp3) is 0.319. The predicted octanol–water partition coefficient (Wildman–Crippen LogP) is 15.0. The second-order valence-corrected chi connectivity index (χ2v) is 33.4. The van der Waals surface area contributed by atoms with Crippen LogP contribution in [0, 0.1) is 0 Å². The molecule has 0 bridgehead atoms. The average Bonchev–Trinajstić information content (AvgIpc) is 0.745. The van der Waals surface area contributed by atoms with Crippen LogP contribution in [0.25, 0.3) is 0 Å². The normalized spacial score (nSPS) is 23.9. The van der Waals surface area contributed by atoms with E-state index < -0.39 is 117 Å². The Kier molecular flexibility index (Phi) is 29.6. The van der Waals surface area contributed by atoms with Crippen LogP contribution >= 0.6 is 0 Å². The zero-order chi connectivity index (χ0) is 78.0. The molecule has 3 heterocycles. The molecule has 3 fully saturated rings. The molecule has 0 radical (unpaired) electrons. The second-order valence-electron chi connectivity index (χ2n) is 29.1. The monoisotopic (exact) mass is 1540 g/mol. The van der Waals surface area contributed by atoms with Gasteiger partial charge in [-0.1, -0.05) is 306 Å². The molecule has 18 nitrogen and oxygen atoms in total. The minimum absolute atomic E-state index is 0.000692. The van der Waals surface area contributed by atoms with Crippen molar-refractivity contribution in [3.63, 3.8) is 0 Å². The molecule has 3 saturated heterocycles. The van der Waals surface area contributed by atoms with Gasteiger partial charge in [0, 0.05) is 7.11 Å². The molecule has 13 rings (SSSR count). The van der Waals surface area contributed by atoms with E-state index in [9.17, 15) is 4.79 Å². The molecule has 0 amide bonds. The largest absolute Gasteiger partial charge is 0.450 e. The lowest BCUT2D eigenvalue weighted by molar-refractivity contribution is -0.379. The number of methoxy groups -OCH3 is 1. The molecule has 0 N–H and O–H groups in total. The van der Waals surface area contributed by atoms with Gasteiger partial charge in [-0.15, -0.1) is 6.58 Å². The van der Waals surface area contributed by atoms with Gasteiger partial charge in [0.2, 0.25) is 0 Å². The van der Waals surface area contributed by atoms with E-state index in [1.165, 1.54) is 7.11 Å². The molecule has 0 aliphatic carbocycles. The highest BCUT2D eigenvalue weighted by Crippen LogP contribution is 2.41. The van der Waals surface area contributed by atoms with E-state index >= 15 is 4.79 Å². The molecule has 113 heavy (non-hydrogen) atoms. The van der Waals surface area contributed by atoms with Crippen molar-refractivity contribution < 1.29 is 85.1 Å². The molecule has 10 aromatic rings. The molecule has 0 saturated carbocycles. The van der Waals surface area contributed by atoms with Crippen LogP contribution in [0.1, 0.15) is 74.9 Å². The van der Waals surface area contributed by atoms with Crippen molar-refractivity contribution >= 4 is 30.6 Å². The Morgan fingerprint density at radius 1 is 0.345 bits per heavy atom. The minimum atomic E-state index is -3.36. The molecular formula is C94H100O18Si. The summed E-state index contributed by atoms with van der Waals surface area (Å²) in [6, 6.07) is 96.8. The molecular weight excluding hydrogens is 1450 g/mol. The lowest BCUT2D eigenvalue weighted by Gasteiger charge is -2.50. The Balaban J connectivity index is 0.901. The standard InChI is InChI=1S/C94H100O18Si/c1-6-57-99-80-78(65-105-92-87(110-89(95)73-49-29-13-30-50-73)84(103-62-71-45-25-11-26-46-71)81(100-59-68-39-19-8-20-40-68)77(108-92)64-98-58-67-37-17-7-18-38-67)107-91(97-5)86(83(80)102-61-70-43-23-10-24-44-70)112-93-88(111-90(96)74-51-31-14-32-52-74)85(104-63-72-47-27-12-28-48-72)82(101-60-69-41-21-9-22-42-69)79(109-93)66-106-113(94(2,3)4,75-53-33-15-34-54-75)76-55-35-16-36-56-76/h6-56,77-88,91-93H,1,57-66H2,2-5H3/t77-,78-,79-,80-,81-,82-,83+,84+,85+,86+,87+,88+,91+,92+,93-/m1/s1. The van der Waals surface area contributed by atoms with Crippen LogP contribution in [-0.4, -0.2) is 146 Å². The highest BCUT2D eigenvalue weighted by molar-refractivity contribution is 6.99. The minimum Gasteiger partial charge on any atom is -0.450 e. The van der Waals surface area contributed by atoms with Gasteiger partial charge in [0.15, 0.2) is 31.1 Å². The molecule has 10 aromatic carbocycles. The van der Waals surface area contributed by atoms with Gasteiger partial charge >= 0.3 is 11.9 Å². The number of carbonyl (C=O) groups is 2. The summed E-state index contributed by atoms with van der Waals surface area (Å²) in [5.74, 6) is -1.34. The second kappa shape index (κ2) is 41.0. The van der Waals surface area contributed by atoms with E-state index in [4.69, 9.17) is 75.5 Å². The Morgan fingerprint density at radius 3 is 1.04 bits per heavy atom. The van der Waals surface area contributed by atoms with Gasteiger partial charge in [-0.3, -0.25) is 0 Å². The molecule has 15 atom stereocenters. The van der Waals surface area contributed by atoms with E-state index in [-0.39, 0.29) is 77.2 Å². The molecule has 3 aliphatic heterocycles. The summed E-state index contributed by atoms with van der Waals surface area (Å²) in [7, 11) is -1.86. The van der Waals surface area contributed by atoms with E-state index in [2.05, 4.69) is 51.6 Å². The van der Waals surface area contributed by atoms with Crippen LogP contribution in [0.5, 0.6) is 0 Å². The third-order valence-corrected chi connectivity index (χ3v) is 25.3. The first-order valence-electron chi connectivity index (χ1n) is 38.6. The third kappa shape index (κ3) is 21.5. The molecule has 19 heteroatoms. The summed E-state index contributed by atoms with van der Waals surface area (Å²) >= 11 is 0. The number of hydrogen-bond acceptors (Lipinski definition) is 18. The van der Waals surface area contributed by atoms with E-state index in [1.54, 1.807) is 54.6 Å². The van der Waals surface area contributed by atoms with Gasteiger partial charge in [-0.2, -0.15) is 0 Å². The maximum atomic E-state index is 15.2. The number of hydrogen-bond donors (Lipinski definition) is 0.